The molecule has 136 valence electrons. The molecule has 1 saturated carbocycles. The van der Waals surface area contributed by atoms with E-state index >= 15 is 0 Å². The minimum Gasteiger partial charge on any atom is -0.494 e. The fourth-order valence-corrected chi connectivity index (χ4v) is 4.02. The fraction of sp³-hybridized carbons (Fsp3) is 0.316. The average Bonchev–Trinajstić information content (AvgIpc) is 3.20. The van der Waals surface area contributed by atoms with Crippen molar-refractivity contribution in [2.24, 2.45) is 0 Å². The molecule has 0 bridgehead atoms. The Balaban J connectivity index is 1.53. The minimum atomic E-state index is -0.526. The lowest BCUT2D eigenvalue weighted by Crippen LogP contribution is -2.34. The predicted molar refractivity (Wildman–Crippen MR) is 99.9 cm³/mol. The number of hydrogen-bond donors (Lipinski definition) is 1. The number of hydrogen-bond acceptors (Lipinski definition) is 4. The quantitative estimate of drug-likeness (QED) is 0.768. The Labute approximate surface area is 161 Å². The van der Waals surface area contributed by atoms with Crippen LogP contribution in [0.2, 0.25) is 10.0 Å². The van der Waals surface area contributed by atoms with Crippen molar-refractivity contribution in [1.29, 1.82) is 0 Å². The van der Waals surface area contributed by atoms with Gasteiger partial charge in [-0.05, 0) is 37.1 Å². The summed E-state index contributed by atoms with van der Waals surface area (Å²) >= 11 is 12.2. The van der Waals surface area contributed by atoms with Crippen LogP contribution >= 0.6 is 23.2 Å². The van der Waals surface area contributed by atoms with Crippen molar-refractivity contribution in [3.8, 4) is 17.2 Å². The second kappa shape index (κ2) is 6.56. The van der Waals surface area contributed by atoms with Gasteiger partial charge in [-0.15, -0.1) is 0 Å². The molecule has 0 radical (unpaired) electrons. The van der Waals surface area contributed by atoms with Crippen molar-refractivity contribution in [1.82, 2.24) is 0 Å². The Morgan fingerprint density at radius 2 is 1.73 bits per heavy atom. The van der Waals surface area contributed by atoms with Gasteiger partial charge in [0.15, 0.2) is 17.2 Å². The Morgan fingerprint density at radius 3 is 2.38 bits per heavy atom. The number of rotatable bonds is 3. The molecular weight excluding hydrogens is 377 g/mol. The zero-order chi connectivity index (χ0) is 18.3. The summed E-state index contributed by atoms with van der Waals surface area (Å²) < 4.78 is 17.1. The van der Waals surface area contributed by atoms with E-state index in [0.717, 1.165) is 25.7 Å². The third-order valence-electron chi connectivity index (χ3n) is 4.62. The topological polar surface area (TPSA) is 56.8 Å². The fourth-order valence-electron chi connectivity index (χ4n) is 3.38. The van der Waals surface area contributed by atoms with Crippen LogP contribution in [0.25, 0.3) is 0 Å². The molecule has 1 N–H and O–H groups in total. The molecule has 1 heterocycles. The second-order valence-electron chi connectivity index (χ2n) is 6.41. The number of methoxy groups -OCH3 is 1. The highest BCUT2D eigenvalue weighted by Crippen LogP contribution is 2.47. The highest BCUT2D eigenvalue weighted by molar-refractivity contribution is 6.37. The summed E-state index contributed by atoms with van der Waals surface area (Å²) in [6, 6.07) is 8.39. The van der Waals surface area contributed by atoms with E-state index in [4.69, 9.17) is 37.4 Å². The van der Waals surface area contributed by atoms with Crippen LogP contribution in [0.1, 0.15) is 36.0 Å². The molecule has 0 unspecified atom stereocenters. The van der Waals surface area contributed by atoms with E-state index in [-0.39, 0.29) is 16.0 Å². The maximum atomic E-state index is 12.5. The lowest BCUT2D eigenvalue weighted by Gasteiger charge is -2.21. The normalized spacial score (nSPS) is 16.7. The minimum absolute atomic E-state index is 0.277. The van der Waals surface area contributed by atoms with Crippen LogP contribution in [0.5, 0.6) is 17.2 Å². The van der Waals surface area contributed by atoms with E-state index < -0.39 is 5.79 Å². The summed E-state index contributed by atoms with van der Waals surface area (Å²) in [7, 11) is 1.47. The SMILES string of the molecule is COc1c(Cl)cc(C(=O)Nc2ccc3c(c2)OC2(CCCC2)O3)cc1Cl. The number of benzene rings is 2. The molecule has 1 aliphatic carbocycles. The molecule has 2 aromatic carbocycles. The number of carbonyl (C=O) groups is 1. The Bertz CT molecular complexity index is 855. The van der Waals surface area contributed by atoms with E-state index in [0.29, 0.717) is 28.5 Å². The van der Waals surface area contributed by atoms with E-state index in [1.165, 1.54) is 19.2 Å². The largest absolute Gasteiger partial charge is 0.494 e. The second-order valence-corrected chi connectivity index (χ2v) is 7.23. The number of ether oxygens (including phenoxy) is 3. The van der Waals surface area contributed by atoms with Crippen LogP contribution in [-0.4, -0.2) is 18.8 Å². The summed E-state index contributed by atoms with van der Waals surface area (Å²) in [6.45, 7) is 0. The van der Waals surface area contributed by atoms with Gasteiger partial charge in [-0.25, -0.2) is 0 Å². The average molecular weight is 394 g/mol. The number of halogens is 2. The van der Waals surface area contributed by atoms with Gasteiger partial charge < -0.3 is 19.5 Å². The molecule has 1 spiro atoms. The van der Waals surface area contributed by atoms with Crippen molar-refractivity contribution in [2.75, 3.05) is 12.4 Å². The molecule has 1 fully saturated rings. The Kier molecular flexibility index (Phi) is 4.37. The molecule has 0 aromatic heterocycles. The molecule has 0 saturated heterocycles. The molecule has 5 nitrogen and oxygen atoms in total. The summed E-state index contributed by atoms with van der Waals surface area (Å²) in [5, 5.41) is 3.38. The van der Waals surface area contributed by atoms with Crippen molar-refractivity contribution >= 4 is 34.8 Å². The third kappa shape index (κ3) is 3.06. The summed E-state index contributed by atoms with van der Waals surface area (Å²) in [5.41, 5.74) is 0.946. The predicted octanol–water partition coefficient (Wildman–Crippen LogP) is 5.30. The maximum Gasteiger partial charge on any atom is 0.255 e. The zero-order valence-corrected chi connectivity index (χ0v) is 15.6. The number of nitrogens with one attached hydrogen (secondary N) is 1. The number of anilines is 1. The van der Waals surface area contributed by atoms with E-state index in [2.05, 4.69) is 5.32 Å². The Hall–Kier alpha value is -2.11. The summed E-state index contributed by atoms with van der Waals surface area (Å²) in [5.74, 6) is 0.846. The first-order valence-corrected chi connectivity index (χ1v) is 9.12. The van der Waals surface area contributed by atoms with Crippen molar-refractivity contribution in [3.05, 3.63) is 45.9 Å². The molecular formula is C19H17Cl2NO4. The Morgan fingerprint density at radius 1 is 1.08 bits per heavy atom. The molecule has 4 rings (SSSR count). The molecule has 7 heteroatoms. The van der Waals surface area contributed by atoms with E-state index in [9.17, 15) is 4.79 Å². The number of carbonyl (C=O) groups excluding carboxylic acids is 1. The first kappa shape index (κ1) is 17.3. The van der Waals surface area contributed by atoms with Gasteiger partial charge in [-0.3, -0.25) is 4.79 Å². The first-order chi connectivity index (χ1) is 12.5. The van der Waals surface area contributed by atoms with Crippen molar-refractivity contribution < 1.29 is 19.0 Å². The van der Waals surface area contributed by atoms with Crippen LogP contribution in [0.15, 0.2) is 30.3 Å². The van der Waals surface area contributed by atoms with E-state index in [1.54, 1.807) is 12.1 Å². The van der Waals surface area contributed by atoms with Gasteiger partial charge in [0.05, 0.1) is 17.2 Å². The van der Waals surface area contributed by atoms with Crippen LogP contribution in [0, 0.1) is 0 Å². The molecule has 0 atom stereocenters. The van der Waals surface area contributed by atoms with Gasteiger partial charge >= 0.3 is 0 Å². The smallest absolute Gasteiger partial charge is 0.255 e. The highest BCUT2D eigenvalue weighted by atomic mass is 35.5. The van der Waals surface area contributed by atoms with Gasteiger partial charge in [-0.2, -0.15) is 0 Å². The van der Waals surface area contributed by atoms with Crippen LogP contribution < -0.4 is 19.5 Å². The summed E-state index contributed by atoms with van der Waals surface area (Å²) in [4.78, 5) is 12.5. The van der Waals surface area contributed by atoms with Gasteiger partial charge in [-0.1, -0.05) is 23.2 Å². The monoisotopic (exact) mass is 393 g/mol. The van der Waals surface area contributed by atoms with Gasteiger partial charge in [0, 0.05) is 30.2 Å². The van der Waals surface area contributed by atoms with Crippen molar-refractivity contribution in [3.63, 3.8) is 0 Å². The van der Waals surface area contributed by atoms with Gasteiger partial charge in [0.1, 0.15) is 0 Å². The standard InChI is InChI=1S/C19H17Cl2NO4/c1-24-17-13(20)8-11(9-14(17)21)18(23)22-12-4-5-15-16(10-12)26-19(25-15)6-2-3-7-19/h4-5,8-10H,2-3,6-7H2,1H3,(H,22,23). The van der Waals surface area contributed by atoms with Crippen LogP contribution in [-0.2, 0) is 0 Å². The lowest BCUT2D eigenvalue weighted by molar-refractivity contribution is -0.0716. The molecule has 2 aromatic rings. The van der Waals surface area contributed by atoms with Gasteiger partial charge in [0.25, 0.3) is 11.7 Å². The van der Waals surface area contributed by atoms with Crippen LogP contribution in [0.4, 0.5) is 5.69 Å². The van der Waals surface area contributed by atoms with E-state index in [1.807, 2.05) is 6.07 Å². The molecule has 2 aliphatic rings. The number of fused-ring (bicyclic) bond motifs is 1. The van der Waals surface area contributed by atoms with Gasteiger partial charge in [0.2, 0.25) is 0 Å². The zero-order valence-electron chi connectivity index (χ0n) is 14.1. The molecule has 1 amide bonds. The lowest BCUT2D eigenvalue weighted by atomic mass is 10.2. The highest BCUT2D eigenvalue weighted by Gasteiger charge is 2.44. The maximum absolute atomic E-state index is 12.5. The number of amides is 1. The molecule has 26 heavy (non-hydrogen) atoms. The van der Waals surface area contributed by atoms with Crippen LogP contribution in [0.3, 0.4) is 0 Å². The van der Waals surface area contributed by atoms with Crippen molar-refractivity contribution in [2.45, 2.75) is 31.5 Å². The summed E-state index contributed by atoms with van der Waals surface area (Å²) in [6.07, 6.45) is 3.95. The molecule has 1 aliphatic heterocycles. The third-order valence-corrected chi connectivity index (χ3v) is 5.18. The first-order valence-electron chi connectivity index (χ1n) is 8.36.